The lowest BCUT2D eigenvalue weighted by molar-refractivity contribution is -0.149. The molecule has 46 heavy (non-hydrogen) atoms. The fraction of sp³-hybridized carbons (Fsp3) is 0.394. The monoisotopic (exact) mass is 665 g/mol. The highest BCUT2D eigenvalue weighted by Crippen LogP contribution is 2.30. The van der Waals surface area contributed by atoms with Gasteiger partial charge < -0.3 is 14.7 Å². The highest BCUT2D eigenvalue weighted by Gasteiger charge is 2.43. The minimum absolute atomic E-state index is 0.141. The van der Waals surface area contributed by atoms with Gasteiger partial charge in [0.15, 0.2) is 5.60 Å². The summed E-state index contributed by atoms with van der Waals surface area (Å²) in [5.41, 5.74) is 0.0383. The number of benzene rings is 1. The summed E-state index contributed by atoms with van der Waals surface area (Å²) in [4.78, 5) is 60.2. The number of rotatable bonds is 10. The van der Waals surface area contributed by atoms with Crippen LogP contribution in [0.15, 0.2) is 53.2 Å². The lowest BCUT2D eigenvalue weighted by Gasteiger charge is -2.41. The topological polar surface area (TPSA) is 134 Å². The Bertz CT molecular complexity index is 1770. The maximum absolute atomic E-state index is 14.2. The second-order valence-corrected chi connectivity index (χ2v) is 14.0. The summed E-state index contributed by atoms with van der Waals surface area (Å²) in [6, 6.07) is 11.5. The lowest BCUT2D eigenvalue weighted by Crippen LogP contribution is -2.58. The first-order valence-electron chi connectivity index (χ1n) is 14.9. The predicted molar refractivity (Wildman–Crippen MR) is 177 cm³/mol. The van der Waals surface area contributed by atoms with Gasteiger partial charge in [0, 0.05) is 101 Å². The van der Waals surface area contributed by atoms with E-state index in [0.717, 1.165) is 11.9 Å². The maximum Gasteiger partial charge on any atom is 0.317 e. The number of pyridine rings is 1. The van der Waals surface area contributed by atoms with Crippen molar-refractivity contribution in [3.63, 3.8) is 0 Å². The van der Waals surface area contributed by atoms with Crippen molar-refractivity contribution >= 4 is 53.5 Å². The van der Waals surface area contributed by atoms with E-state index in [0.29, 0.717) is 70.8 Å². The fourth-order valence-corrected chi connectivity index (χ4v) is 6.93. The molecule has 1 fully saturated rings. The van der Waals surface area contributed by atoms with Gasteiger partial charge in [0.05, 0.1) is 11.0 Å². The third-order valence-corrected chi connectivity index (χ3v) is 9.55. The number of carboxylic acids is 1. The van der Waals surface area contributed by atoms with Crippen LogP contribution >= 0.6 is 23.5 Å². The van der Waals surface area contributed by atoms with Crippen molar-refractivity contribution in [1.82, 2.24) is 19.4 Å². The van der Waals surface area contributed by atoms with Crippen LogP contribution in [0.25, 0.3) is 12.2 Å². The summed E-state index contributed by atoms with van der Waals surface area (Å²) in [5.74, 6) is -2.96. The van der Waals surface area contributed by atoms with Gasteiger partial charge in [0.1, 0.15) is 5.92 Å². The number of carbonyl (C=O) groups is 3. The summed E-state index contributed by atoms with van der Waals surface area (Å²) in [6.45, 7) is 8.39. The molecule has 0 radical (unpaired) electrons. The quantitative estimate of drug-likeness (QED) is 0.255. The van der Waals surface area contributed by atoms with Gasteiger partial charge in [0.25, 0.3) is 11.8 Å². The molecular formula is C33H36ClN5O6S. The molecule has 0 saturated carbocycles. The number of piperazine rings is 1. The van der Waals surface area contributed by atoms with Crippen molar-refractivity contribution in [1.29, 1.82) is 0 Å². The number of carbonyl (C=O) groups excluding carboxylic acids is 2. The summed E-state index contributed by atoms with van der Waals surface area (Å²) in [7, 11) is 1.46. The summed E-state index contributed by atoms with van der Waals surface area (Å²) in [5, 5.41) is 11.9. The van der Waals surface area contributed by atoms with Crippen LogP contribution < -0.4 is 10.6 Å². The van der Waals surface area contributed by atoms with Crippen molar-refractivity contribution in [2.24, 2.45) is 4.58 Å². The number of ether oxygens (including phenoxy) is 1. The normalized spacial score (nSPS) is 19.0. The number of nitrogens with zero attached hydrogens (tertiary/aromatic N) is 5. The zero-order valence-electron chi connectivity index (χ0n) is 26.1. The Morgan fingerprint density at radius 3 is 2.41 bits per heavy atom. The van der Waals surface area contributed by atoms with Crippen LogP contribution in [0.5, 0.6) is 0 Å². The van der Waals surface area contributed by atoms with Crippen LogP contribution in [0.3, 0.4) is 0 Å². The number of carboxylic acid groups (broad SMARTS) is 1. The number of amides is 1. The van der Waals surface area contributed by atoms with Crippen molar-refractivity contribution in [3.8, 4) is 0 Å². The number of fused-ring (bicyclic) bond motifs is 1. The van der Waals surface area contributed by atoms with E-state index in [1.54, 1.807) is 66.4 Å². The second kappa shape index (κ2) is 13.5. The smallest absolute Gasteiger partial charge is 0.317 e. The van der Waals surface area contributed by atoms with Crippen molar-refractivity contribution < 1.29 is 24.2 Å². The molecule has 13 heteroatoms. The van der Waals surface area contributed by atoms with Crippen molar-refractivity contribution in [2.75, 3.05) is 39.8 Å². The van der Waals surface area contributed by atoms with E-state index in [-0.39, 0.29) is 23.0 Å². The molecule has 0 spiro atoms. The minimum Gasteiger partial charge on any atom is -0.480 e. The van der Waals surface area contributed by atoms with Gasteiger partial charge in [-0.25, -0.2) is 0 Å². The molecule has 1 amide bonds. The molecule has 2 atom stereocenters. The number of halogens is 1. The number of aromatic nitrogens is 2. The largest absolute Gasteiger partial charge is 0.480 e. The SMILES string of the molecule is COC1(C(=O)N2CCN(CC(C)(C)SN=O)CC2)C=c2c(C(C(=O)O)c3ccccn3)c(C)n(C(=O)c3ccc(Cl)cc3)c2=CC1. The molecule has 2 unspecified atom stereocenters. The zero-order chi connectivity index (χ0) is 33.2. The van der Waals surface area contributed by atoms with Crippen LogP contribution in [-0.4, -0.2) is 92.4 Å². The molecule has 1 aromatic carbocycles. The van der Waals surface area contributed by atoms with E-state index in [1.165, 1.54) is 17.9 Å². The van der Waals surface area contributed by atoms with Gasteiger partial charge in [0.2, 0.25) is 0 Å². The highest BCUT2D eigenvalue weighted by molar-refractivity contribution is 7.99. The summed E-state index contributed by atoms with van der Waals surface area (Å²) < 4.78 is 10.1. The Kier molecular flexibility index (Phi) is 9.83. The molecule has 1 N–H and O–H groups in total. The van der Waals surface area contributed by atoms with E-state index in [4.69, 9.17) is 16.3 Å². The molecule has 3 aromatic rings. The van der Waals surface area contributed by atoms with E-state index >= 15 is 0 Å². The third-order valence-electron chi connectivity index (χ3n) is 8.60. The fourth-order valence-electron chi connectivity index (χ4n) is 6.36. The number of aliphatic carboxylic acids is 1. The highest BCUT2D eigenvalue weighted by atomic mass is 35.5. The molecular weight excluding hydrogens is 630 g/mol. The molecule has 242 valence electrons. The maximum atomic E-state index is 14.2. The van der Waals surface area contributed by atoms with Gasteiger partial charge in [-0.05, 0) is 63.2 Å². The predicted octanol–water partition coefficient (Wildman–Crippen LogP) is 3.44. The van der Waals surface area contributed by atoms with Crippen LogP contribution in [0.4, 0.5) is 0 Å². The van der Waals surface area contributed by atoms with Gasteiger partial charge in [-0.2, -0.15) is 0 Å². The molecule has 0 bridgehead atoms. The first-order chi connectivity index (χ1) is 21.9. The van der Waals surface area contributed by atoms with E-state index in [1.807, 2.05) is 13.8 Å². The standard InChI is InChI=1S/C33H36ClN5O6S/c1-21-27(28(30(41)42)25-7-5-6-14-35-25)24-19-33(45-4,13-12-26(24)39(21)29(40)22-8-10-23(34)11-9-22)31(43)38-17-15-37(16-18-38)20-32(2,3)46-36-44/h5-12,14,19,28H,13,15-18,20H2,1-4H3,(H,41,42). The molecule has 1 aliphatic heterocycles. The Morgan fingerprint density at radius 1 is 1.13 bits per heavy atom. The van der Waals surface area contributed by atoms with E-state index in [2.05, 4.69) is 14.5 Å². The van der Waals surface area contributed by atoms with E-state index in [9.17, 15) is 24.4 Å². The lowest BCUT2D eigenvalue weighted by atomic mass is 9.87. The molecule has 3 heterocycles. The van der Waals surface area contributed by atoms with Crippen LogP contribution in [0.2, 0.25) is 5.02 Å². The molecule has 11 nitrogen and oxygen atoms in total. The van der Waals surface area contributed by atoms with Gasteiger partial charge >= 0.3 is 5.97 Å². The van der Waals surface area contributed by atoms with Gasteiger partial charge in [-0.1, -0.05) is 23.7 Å². The Balaban J connectivity index is 1.59. The van der Waals surface area contributed by atoms with Crippen LogP contribution in [-0.2, 0) is 14.3 Å². The minimum atomic E-state index is -1.42. The average molecular weight is 666 g/mol. The van der Waals surface area contributed by atoms with Crippen LogP contribution in [0, 0.1) is 11.8 Å². The summed E-state index contributed by atoms with van der Waals surface area (Å²) >= 11 is 7.08. The Labute approximate surface area is 276 Å². The van der Waals surface area contributed by atoms with Crippen molar-refractivity contribution in [3.05, 3.63) is 91.7 Å². The molecule has 2 aromatic heterocycles. The summed E-state index contributed by atoms with van der Waals surface area (Å²) in [6.07, 6.45) is 5.12. The number of nitroso groups, excluding NO2 is 1. The number of hydrogen-bond acceptors (Lipinski definition) is 9. The molecule has 1 saturated heterocycles. The zero-order valence-corrected chi connectivity index (χ0v) is 27.7. The first kappa shape index (κ1) is 33.5. The van der Waals surface area contributed by atoms with Gasteiger partial charge in [-0.3, -0.25) is 28.8 Å². The van der Waals surface area contributed by atoms with Crippen LogP contribution in [0.1, 0.15) is 53.5 Å². The van der Waals surface area contributed by atoms with Gasteiger partial charge in [-0.15, -0.1) is 4.91 Å². The number of methoxy groups -OCH3 is 1. The number of hydrogen-bond donors (Lipinski definition) is 1. The van der Waals surface area contributed by atoms with E-state index < -0.39 is 17.5 Å². The van der Waals surface area contributed by atoms with Crippen molar-refractivity contribution in [2.45, 2.75) is 43.5 Å². The second-order valence-electron chi connectivity index (χ2n) is 12.1. The first-order valence-corrected chi connectivity index (χ1v) is 16.0. The Morgan fingerprint density at radius 2 is 1.83 bits per heavy atom. The Hall–Kier alpha value is -3.84. The third kappa shape index (κ3) is 6.52. The average Bonchev–Trinajstić information content (AvgIpc) is 3.31. The molecule has 5 rings (SSSR count). The molecule has 2 aliphatic rings. The molecule has 1 aliphatic carbocycles.